The summed E-state index contributed by atoms with van der Waals surface area (Å²) in [6.07, 6.45) is 1.15. The molecular weight excluding hydrogens is 182 g/mol. The lowest BCUT2D eigenvalue weighted by molar-refractivity contribution is 0.398. The fraction of sp³-hybridized carbons (Fsp3) is 1.00. The van der Waals surface area contributed by atoms with Gasteiger partial charge in [-0.15, -0.1) is 0 Å². The zero-order valence-electron chi connectivity index (χ0n) is 9.30. The van der Waals surface area contributed by atoms with Gasteiger partial charge in [0.15, 0.2) is 0 Å². The zero-order valence-corrected chi connectivity index (χ0v) is 10.1. The molecule has 0 aliphatic rings. The molecule has 0 spiro atoms. The van der Waals surface area contributed by atoms with Crippen LogP contribution in [-0.2, 0) is 10.8 Å². The number of nitrogens with one attached hydrogen (secondary N) is 1. The maximum Gasteiger partial charge on any atom is 0.0360 e. The Morgan fingerprint density at radius 1 is 1.31 bits per heavy atom. The van der Waals surface area contributed by atoms with Gasteiger partial charge >= 0.3 is 0 Å². The Hall–Kier alpha value is 0.110. The van der Waals surface area contributed by atoms with Crippen molar-refractivity contribution in [3.05, 3.63) is 0 Å². The molecule has 0 heterocycles. The first-order valence-corrected chi connectivity index (χ1v) is 6.68. The van der Waals surface area contributed by atoms with E-state index in [4.69, 9.17) is 0 Å². The van der Waals surface area contributed by atoms with Crippen LogP contribution in [0, 0.1) is 5.92 Å². The number of rotatable bonds is 7. The van der Waals surface area contributed by atoms with E-state index >= 15 is 0 Å². The Morgan fingerprint density at radius 3 is 2.31 bits per heavy atom. The van der Waals surface area contributed by atoms with Crippen LogP contribution in [0.4, 0.5) is 0 Å². The van der Waals surface area contributed by atoms with E-state index in [1.807, 2.05) is 6.92 Å². The Bertz CT molecular complexity index is 148. The highest BCUT2D eigenvalue weighted by atomic mass is 32.2. The molecule has 0 amide bonds. The Labute approximate surface area is 84.9 Å². The predicted molar refractivity (Wildman–Crippen MR) is 60.5 cm³/mol. The molecule has 0 fully saturated rings. The van der Waals surface area contributed by atoms with Crippen molar-refractivity contribution >= 4 is 10.8 Å². The Balaban J connectivity index is 3.55. The first-order valence-electron chi connectivity index (χ1n) is 5.20. The van der Waals surface area contributed by atoms with Crippen LogP contribution in [0.5, 0.6) is 0 Å². The molecular formula is C10H23NOS. The fourth-order valence-corrected chi connectivity index (χ4v) is 1.99. The van der Waals surface area contributed by atoms with Crippen molar-refractivity contribution in [1.82, 2.24) is 5.32 Å². The molecule has 0 aromatic rings. The lowest BCUT2D eigenvalue weighted by Gasteiger charge is -2.20. The molecule has 0 saturated carbocycles. The minimum Gasteiger partial charge on any atom is -0.313 e. The molecule has 2 atom stereocenters. The molecule has 0 aromatic heterocycles. The van der Waals surface area contributed by atoms with E-state index in [-0.39, 0.29) is 0 Å². The summed E-state index contributed by atoms with van der Waals surface area (Å²) in [5, 5.41) is 3.44. The molecule has 0 saturated heterocycles. The maximum atomic E-state index is 11.1. The monoisotopic (exact) mass is 205 g/mol. The summed E-state index contributed by atoms with van der Waals surface area (Å²) in [4.78, 5) is 0. The van der Waals surface area contributed by atoms with Gasteiger partial charge in [-0.1, -0.05) is 27.7 Å². The molecule has 2 unspecified atom stereocenters. The normalized spacial score (nSPS) is 16.1. The summed E-state index contributed by atoms with van der Waals surface area (Å²) < 4.78 is 11.1. The first kappa shape index (κ1) is 13.1. The van der Waals surface area contributed by atoms with Crippen molar-refractivity contribution in [2.45, 2.75) is 40.2 Å². The lowest BCUT2D eigenvalue weighted by Crippen LogP contribution is -2.35. The van der Waals surface area contributed by atoms with Crippen molar-refractivity contribution in [2.24, 2.45) is 5.92 Å². The minimum atomic E-state index is -0.621. The summed E-state index contributed by atoms with van der Waals surface area (Å²) in [6.45, 7) is 9.48. The van der Waals surface area contributed by atoms with Gasteiger partial charge < -0.3 is 5.32 Å². The SMILES string of the molecule is CCC(NCCS(=O)CC)C(C)C. The molecule has 0 aromatic carbocycles. The number of hydrogen-bond donors (Lipinski definition) is 1. The standard InChI is InChI=1S/C10H23NOS/c1-5-10(9(3)4)11-7-8-13(12)6-2/h9-11H,5-8H2,1-4H3. The van der Waals surface area contributed by atoms with Crippen LogP contribution in [0.2, 0.25) is 0 Å². The highest BCUT2D eigenvalue weighted by Crippen LogP contribution is 2.04. The molecule has 0 bridgehead atoms. The smallest absolute Gasteiger partial charge is 0.0360 e. The van der Waals surface area contributed by atoms with E-state index in [2.05, 4.69) is 26.1 Å². The van der Waals surface area contributed by atoms with Crippen LogP contribution in [0.3, 0.4) is 0 Å². The van der Waals surface area contributed by atoms with E-state index in [0.29, 0.717) is 12.0 Å². The van der Waals surface area contributed by atoms with Crippen molar-refractivity contribution in [3.63, 3.8) is 0 Å². The second-order valence-electron chi connectivity index (χ2n) is 3.65. The zero-order chi connectivity index (χ0) is 10.3. The topological polar surface area (TPSA) is 29.1 Å². The van der Waals surface area contributed by atoms with Crippen molar-refractivity contribution in [1.29, 1.82) is 0 Å². The van der Waals surface area contributed by atoms with Gasteiger partial charge in [0.2, 0.25) is 0 Å². The second-order valence-corrected chi connectivity index (χ2v) is 5.51. The molecule has 0 rings (SSSR count). The van der Waals surface area contributed by atoms with Gasteiger partial charge in [0.05, 0.1) is 0 Å². The largest absolute Gasteiger partial charge is 0.313 e. The lowest BCUT2D eigenvalue weighted by atomic mass is 10.0. The molecule has 13 heavy (non-hydrogen) atoms. The highest BCUT2D eigenvalue weighted by Gasteiger charge is 2.09. The average molecular weight is 205 g/mol. The molecule has 80 valence electrons. The van der Waals surface area contributed by atoms with Crippen LogP contribution < -0.4 is 5.32 Å². The summed E-state index contributed by atoms with van der Waals surface area (Å²) in [5.74, 6) is 2.24. The van der Waals surface area contributed by atoms with Gasteiger partial charge in [-0.2, -0.15) is 0 Å². The molecule has 3 heteroatoms. The van der Waals surface area contributed by atoms with Crippen molar-refractivity contribution in [3.8, 4) is 0 Å². The minimum absolute atomic E-state index is 0.578. The van der Waals surface area contributed by atoms with Crippen molar-refractivity contribution in [2.75, 3.05) is 18.1 Å². The van der Waals surface area contributed by atoms with Crippen LogP contribution in [-0.4, -0.2) is 28.3 Å². The Kier molecular flexibility index (Phi) is 7.57. The van der Waals surface area contributed by atoms with E-state index < -0.39 is 10.8 Å². The highest BCUT2D eigenvalue weighted by molar-refractivity contribution is 7.84. The quantitative estimate of drug-likeness (QED) is 0.686. The molecule has 0 radical (unpaired) electrons. The third kappa shape index (κ3) is 6.22. The van der Waals surface area contributed by atoms with E-state index in [1.54, 1.807) is 0 Å². The van der Waals surface area contributed by atoms with Crippen LogP contribution >= 0.6 is 0 Å². The van der Waals surface area contributed by atoms with Crippen LogP contribution in [0.15, 0.2) is 0 Å². The fourth-order valence-electron chi connectivity index (χ4n) is 1.35. The summed E-state index contributed by atoms with van der Waals surface area (Å²) >= 11 is 0. The van der Waals surface area contributed by atoms with Crippen LogP contribution in [0.25, 0.3) is 0 Å². The van der Waals surface area contributed by atoms with Gasteiger partial charge in [0.25, 0.3) is 0 Å². The first-order chi connectivity index (χ1) is 6.11. The van der Waals surface area contributed by atoms with E-state index in [0.717, 1.165) is 24.5 Å². The maximum absolute atomic E-state index is 11.1. The van der Waals surface area contributed by atoms with E-state index in [9.17, 15) is 4.21 Å². The van der Waals surface area contributed by atoms with Gasteiger partial charge in [0, 0.05) is 34.9 Å². The average Bonchev–Trinajstić information content (AvgIpc) is 2.11. The molecule has 2 nitrogen and oxygen atoms in total. The van der Waals surface area contributed by atoms with Crippen molar-refractivity contribution < 1.29 is 4.21 Å². The summed E-state index contributed by atoms with van der Waals surface area (Å²) in [7, 11) is -0.621. The number of hydrogen-bond acceptors (Lipinski definition) is 2. The van der Waals surface area contributed by atoms with Gasteiger partial charge in [-0.3, -0.25) is 4.21 Å². The third-order valence-electron chi connectivity index (χ3n) is 2.30. The summed E-state index contributed by atoms with van der Waals surface area (Å²) in [6, 6.07) is 0.578. The summed E-state index contributed by atoms with van der Waals surface area (Å²) in [5.41, 5.74) is 0. The van der Waals surface area contributed by atoms with Crippen LogP contribution in [0.1, 0.15) is 34.1 Å². The van der Waals surface area contributed by atoms with Gasteiger partial charge in [-0.25, -0.2) is 0 Å². The third-order valence-corrected chi connectivity index (χ3v) is 3.61. The molecule has 1 N–H and O–H groups in total. The second kappa shape index (κ2) is 7.51. The Morgan fingerprint density at radius 2 is 1.92 bits per heavy atom. The molecule has 0 aliphatic carbocycles. The van der Waals surface area contributed by atoms with Gasteiger partial charge in [0.1, 0.15) is 0 Å². The van der Waals surface area contributed by atoms with Gasteiger partial charge in [-0.05, 0) is 12.3 Å². The molecule has 0 aliphatic heterocycles. The predicted octanol–water partition coefficient (Wildman–Crippen LogP) is 1.78. The van der Waals surface area contributed by atoms with E-state index in [1.165, 1.54) is 0 Å².